The maximum atomic E-state index is 5.38. The number of nitrogens with one attached hydrogen (secondary N) is 2. The standard InChI is InChI=1S/C20H35N5O2.HI/c1-6-21-20(23-14-17-15-24(2)11-12-25(17)3)22-10-9-16-7-8-18(26-4)19(13-16)27-5;/h7-8,13,17H,6,9-12,14-15H2,1-5H3,(H2,21,22,23);1H. The zero-order chi connectivity index (χ0) is 19.6. The molecule has 28 heavy (non-hydrogen) atoms. The van der Waals surface area contributed by atoms with Crippen molar-refractivity contribution in [2.24, 2.45) is 4.99 Å². The molecule has 1 heterocycles. The fraction of sp³-hybridized carbons (Fsp3) is 0.650. The summed E-state index contributed by atoms with van der Waals surface area (Å²) in [4.78, 5) is 9.57. The van der Waals surface area contributed by atoms with Gasteiger partial charge in [0, 0.05) is 38.8 Å². The van der Waals surface area contributed by atoms with Crippen LogP contribution in [-0.4, -0.2) is 89.4 Å². The van der Waals surface area contributed by atoms with Gasteiger partial charge < -0.3 is 25.0 Å². The van der Waals surface area contributed by atoms with Gasteiger partial charge in [0.2, 0.25) is 0 Å². The average molecular weight is 505 g/mol. The van der Waals surface area contributed by atoms with Crippen molar-refractivity contribution in [3.05, 3.63) is 23.8 Å². The highest BCUT2D eigenvalue weighted by molar-refractivity contribution is 14.0. The first-order valence-electron chi connectivity index (χ1n) is 9.69. The molecule has 1 saturated heterocycles. The van der Waals surface area contributed by atoms with Crippen LogP contribution >= 0.6 is 24.0 Å². The van der Waals surface area contributed by atoms with E-state index in [2.05, 4.69) is 47.5 Å². The summed E-state index contributed by atoms with van der Waals surface area (Å²) in [7, 11) is 7.68. The number of hydrogen-bond donors (Lipinski definition) is 2. The average Bonchev–Trinajstić information content (AvgIpc) is 2.68. The first-order chi connectivity index (χ1) is 13.1. The number of methoxy groups -OCH3 is 2. The lowest BCUT2D eigenvalue weighted by Crippen LogP contribution is -2.51. The molecule has 2 rings (SSSR count). The third-order valence-corrected chi connectivity index (χ3v) is 4.94. The molecule has 1 fully saturated rings. The Kier molecular flexibility index (Phi) is 11.6. The van der Waals surface area contributed by atoms with Crippen LogP contribution in [0.1, 0.15) is 12.5 Å². The van der Waals surface area contributed by atoms with E-state index >= 15 is 0 Å². The van der Waals surface area contributed by atoms with Crippen LogP contribution in [0.15, 0.2) is 23.2 Å². The molecule has 7 nitrogen and oxygen atoms in total. The minimum atomic E-state index is 0. The molecule has 1 aliphatic rings. The van der Waals surface area contributed by atoms with Crippen molar-refractivity contribution in [2.75, 3.05) is 67.6 Å². The molecule has 8 heteroatoms. The zero-order valence-electron chi connectivity index (χ0n) is 17.8. The van der Waals surface area contributed by atoms with Crippen LogP contribution in [0, 0.1) is 0 Å². The van der Waals surface area contributed by atoms with Gasteiger partial charge in [0.15, 0.2) is 17.5 Å². The smallest absolute Gasteiger partial charge is 0.191 e. The number of benzene rings is 1. The minimum absolute atomic E-state index is 0. The molecular formula is C20H36IN5O2. The van der Waals surface area contributed by atoms with Gasteiger partial charge in [-0.3, -0.25) is 9.89 Å². The van der Waals surface area contributed by atoms with E-state index in [0.29, 0.717) is 6.04 Å². The molecular weight excluding hydrogens is 469 g/mol. The summed E-state index contributed by atoms with van der Waals surface area (Å²) < 4.78 is 10.7. The zero-order valence-corrected chi connectivity index (χ0v) is 20.2. The Hall–Kier alpha value is -1.26. The Morgan fingerprint density at radius 2 is 1.89 bits per heavy atom. The van der Waals surface area contributed by atoms with Crippen LogP contribution in [0.2, 0.25) is 0 Å². The molecule has 0 aliphatic carbocycles. The molecule has 1 aliphatic heterocycles. The van der Waals surface area contributed by atoms with Crippen LogP contribution < -0.4 is 20.1 Å². The maximum Gasteiger partial charge on any atom is 0.191 e. The minimum Gasteiger partial charge on any atom is -0.493 e. The van der Waals surface area contributed by atoms with Crippen molar-refractivity contribution in [1.82, 2.24) is 20.4 Å². The summed E-state index contributed by atoms with van der Waals surface area (Å²) in [5.41, 5.74) is 1.20. The molecule has 1 atom stereocenters. The molecule has 0 radical (unpaired) electrons. The Labute approximate surface area is 186 Å². The molecule has 0 saturated carbocycles. The highest BCUT2D eigenvalue weighted by Gasteiger charge is 2.21. The molecule has 0 aromatic heterocycles. The topological polar surface area (TPSA) is 61.4 Å². The molecule has 0 bridgehead atoms. The number of aliphatic imine (C=N–C) groups is 1. The second kappa shape index (κ2) is 13.1. The Bertz CT molecular complexity index is 614. The fourth-order valence-corrected chi connectivity index (χ4v) is 3.20. The third kappa shape index (κ3) is 7.63. The van der Waals surface area contributed by atoms with Crippen LogP contribution in [0.3, 0.4) is 0 Å². The normalized spacial score (nSPS) is 18.3. The van der Waals surface area contributed by atoms with Crippen molar-refractivity contribution in [3.8, 4) is 11.5 Å². The number of nitrogens with zero attached hydrogens (tertiary/aromatic N) is 3. The number of likely N-dealkylation sites (N-methyl/N-ethyl adjacent to an activating group) is 2. The lowest BCUT2D eigenvalue weighted by molar-refractivity contribution is 0.119. The van der Waals surface area contributed by atoms with E-state index in [1.165, 1.54) is 5.56 Å². The van der Waals surface area contributed by atoms with Gasteiger partial charge in [-0.1, -0.05) is 6.07 Å². The van der Waals surface area contributed by atoms with E-state index in [9.17, 15) is 0 Å². The molecule has 1 aromatic rings. The molecule has 2 N–H and O–H groups in total. The lowest BCUT2D eigenvalue weighted by Gasteiger charge is -2.36. The SMILES string of the molecule is CCNC(=NCC1CN(C)CCN1C)NCCc1ccc(OC)c(OC)c1.I. The van der Waals surface area contributed by atoms with Gasteiger partial charge in [-0.15, -0.1) is 24.0 Å². The van der Waals surface area contributed by atoms with E-state index in [1.54, 1.807) is 14.2 Å². The van der Waals surface area contributed by atoms with Gasteiger partial charge in [-0.2, -0.15) is 0 Å². The van der Waals surface area contributed by atoms with E-state index in [0.717, 1.165) is 63.1 Å². The Morgan fingerprint density at radius 3 is 2.57 bits per heavy atom. The molecule has 160 valence electrons. The maximum absolute atomic E-state index is 5.38. The summed E-state index contributed by atoms with van der Waals surface area (Å²) in [6.45, 7) is 7.83. The molecule has 0 spiro atoms. The van der Waals surface area contributed by atoms with Gasteiger partial charge in [0.1, 0.15) is 0 Å². The monoisotopic (exact) mass is 505 g/mol. The number of piperazine rings is 1. The predicted molar refractivity (Wildman–Crippen MR) is 127 cm³/mol. The predicted octanol–water partition coefficient (Wildman–Crippen LogP) is 1.67. The second-order valence-corrected chi connectivity index (χ2v) is 6.98. The number of hydrogen-bond acceptors (Lipinski definition) is 5. The van der Waals surface area contributed by atoms with Crippen molar-refractivity contribution in [2.45, 2.75) is 19.4 Å². The molecule has 1 aromatic carbocycles. The van der Waals surface area contributed by atoms with Gasteiger partial charge in [0.05, 0.1) is 20.8 Å². The molecule has 1 unspecified atom stereocenters. The van der Waals surface area contributed by atoms with E-state index in [4.69, 9.17) is 14.5 Å². The van der Waals surface area contributed by atoms with Gasteiger partial charge in [-0.25, -0.2) is 0 Å². The lowest BCUT2D eigenvalue weighted by atomic mass is 10.1. The summed E-state index contributed by atoms with van der Waals surface area (Å²) in [6, 6.07) is 6.50. The van der Waals surface area contributed by atoms with Crippen molar-refractivity contribution < 1.29 is 9.47 Å². The van der Waals surface area contributed by atoms with E-state index in [1.807, 2.05) is 12.1 Å². The van der Waals surface area contributed by atoms with E-state index in [-0.39, 0.29) is 24.0 Å². The number of guanidine groups is 1. The van der Waals surface area contributed by atoms with Crippen molar-refractivity contribution in [1.29, 1.82) is 0 Å². The highest BCUT2D eigenvalue weighted by atomic mass is 127. The summed E-state index contributed by atoms with van der Waals surface area (Å²) in [5, 5.41) is 6.77. The largest absolute Gasteiger partial charge is 0.493 e. The van der Waals surface area contributed by atoms with Crippen molar-refractivity contribution in [3.63, 3.8) is 0 Å². The number of rotatable bonds is 8. The second-order valence-electron chi connectivity index (χ2n) is 6.98. The third-order valence-electron chi connectivity index (χ3n) is 4.94. The van der Waals surface area contributed by atoms with E-state index < -0.39 is 0 Å². The van der Waals surface area contributed by atoms with Gasteiger partial charge >= 0.3 is 0 Å². The summed E-state index contributed by atoms with van der Waals surface area (Å²) >= 11 is 0. The van der Waals surface area contributed by atoms with Crippen LogP contribution in [0.5, 0.6) is 11.5 Å². The van der Waals surface area contributed by atoms with Crippen LogP contribution in [0.25, 0.3) is 0 Å². The first-order valence-corrected chi connectivity index (χ1v) is 9.69. The van der Waals surface area contributed by atoms with Gasteiger partial charge in [0.25, 0.3) is 0 Å². The highest BCUT2D eigenvalue weighted by Crippen LogP contribution is 2.27. The Balaban J connectivity index is 0.00000392. The van der Waals surface area contributed by atoms with Crippen LogP contribution in [0.4, 0.5) is 0 Å². The van der Waals surface area contributed by atoms with Crippen molar-refractivity contribution >= 4 is 29.9 Å². The summed E-state index contributed by atoms with van der Waals surface area (Å²) in [5.74, 6) is 2.39. The molecule has 0 amide bonds. The quantitative estimate of drug-likeness (QED) is 0.319. The van der Waals surface area contributed by atoms with Crippen LogP contribution in [-0.2, 0) is 6.42 Å². The Morgan fingerprint density at radius 1 is 1.14 bits per heavy atom. The number of halogens is 1. The first kappa shape index (κ1) is 24.8. The number of ether oxygens (including phenoxy) is 2. The fourth-order valence-electron chi connectivity index (χ4n) is 3.20. The summed E-state index contributed by atoms with van der Waals surface area (Å²) in [6.07, 6.45) is 0.886. The van der Waals surface area contributed by atoms with Gasteiger partial charge in [-0.05, 0) is 45.1 Å².